The van der Waals surface area contributed by atoms with Gasteiger partial charge in [-0.2, -0.15) is 0 Å². The molecule has 0 bridgehead atoms. The van der Waals surface area contributed by atoms with Crippen LogP contribution in [0, 0.1) is 6.92 Å². The molecule has 2 N–H and O–H groups in total. The lowest BCUT2D eigenvalue weighted by Crippen LogP contribution is -2.11. The van der Waals surface area contributed by atoms with Gasteiger partial charge in [-0.1, -0.05) is 39.0 Å². The number of hydrogen-bond acceptors (Lipinski definition) is 3. The van der Waals surface area contributed by atoms with E-state index < -0.39 is 0 Å². The van der Waals surface area contributed by atoms with E-state index in [1.54, 1.807) is 7.11 Å². The zero-order chi connectivity index (χ0) is 15.6. The molecular formula is C18H23NO2. The molecule has 0 aliphatic rings. The van der Waals surface area contributed by atoms with Crippen molar-refractivity contribution < 1.29 is 9.47 Å². The first-order valence-corrected chi connectivity index (χ1v) is 7.04. The number of aryl methyl sites for hydroxylation is 1. The molecule has 0 aromatic heterocycles. The standard InChI is InChI=1S/C18H23NO2/c1-12-11-13(18(2,3)4)9-10-14(12)21-16-8-6-7-15(20-5)17(16)19/h6-11H,19H2,1-5H3. The summed E-state index contributed by atoms with van der Waals surface area (Å²) in [6, 6.07) is 11.8. The molecule has 0 saturated carbocycles. The Morgan fingerprint density at radius 3 is 2.19 bits per heavy atom. The molecule has 0 aliphatic heterocycles. The number of para-hydroxylation sites is 1. The van der Waals surface area contributed by atoms with E-state index in [-0.39, 0.29) is 5.41 Å². The van der Waals surface area contributed by atoms with Gasteiger partial charge in [-0.3, -0.25) is 0 Å². The van der Waals surface area contributed by atoms with E-state index in [0.29, 0.717) is 17.2 Å². The molecule has 0 unspecified atom stereocenters. The van der Waals surface area contributed by atoms with E-state index in [2.05, 4.69) is 32.9 Å². The molecule has 2 aromatic carbocycles. The van der Waals surface area contributed by atoms with Crippen molar-refractivity contribution in [2.24, 2.45) is 0 Å². The highest BCUT2D eigenvalue weighted by Crippen LogP contribution is 2.36. The summed E-state index contributed by atoms with van der Waals surface area (Å²) in [7, 11) is 1.60. The van der Waals surface area contributed by atoms with Crippen LogP contribution in [0.25, 0.3) is 0 Å². The van der Waals surface area contributed by atoms with Gasteiger partial charge in [0.25, 0.3) is 0 Å². The number of benzene rings is 2. The maximum absolute atomic E-state index is 6.04. The third-order valence-electron chi connectivity index (χ3n) is 3.51. The predicted octanol–water partition coefficient (Wildman–Crippen LogP) is 4.68. The quantitative estimate of drug-likeness (QED) is 0.833. The highest BCUT2D eigenvalue weighted by molar-refractivity contribution is 5.63. The Hall–Kier alpha value is -2.16. The monoisotopic (exact) mass is 285 g/mol. The molecule has 3 nitrogen and oxygen atoms in total. The van der Waals surface area contributed by atoms with Gasteiger partial charge in [0, 0.05) is 0 Å². The fourth-order valence-electron chi connectivity index (χ4n) is 2.14. The Bertz CT molecular complexity index is 642. The molecule has 21 heavy (non-hydrogen) atoms. The van der Waals surface area contributed by atoms with Crippen molar-refractivity contribution in [3.8, 4) is 17.2 Å². The van der Waals surface area contributed by atoms with Gasteiger partial charge in [-0.25, -0.2) is 0 Å². The Balaban J connectivity index is 2.33. The summed E-state index contributed by atoms with van der Waals surface area (Å²) in [5.41, 5.74) is 9.05. The third kappa shape index (κ3) is 3.30. The van der Waals surface area contributed by atoms with Gasteiger partial charge >= 0.3 is 0 Å². The van der Waals surface area contributed by atoms with Crippen LogP contribution in [0.5, 0.6) is 17.2 Å². The number of anilines is 1. The van der Waals surface area contributed by atoms with E-state index in [0.717, 1.165) is 11.3 Å². The van der Waals surface area contributed by atoms with Crippen LogP contribution in [0.1, 0.15) is 31.9 Å². The van der Waals surface area contributed by atoms with Gasteiger partial charge in [0.15, 0.2) is 5.75 Å². The van der Waals surface area contributed by atoms with E-state index in [1.807, 2.05) is 31.2 Å². The lowest BCUT2D eigenvalue weighted by atomic mass is 9.86. The summed E-state index contributed by atoms with van der Waals surface area (Å²) in [6.45, 7) is 8.63. The number of nitrogens with two attached hydrogens (primary N) is 1. The smallest absolute Gasteiger partial charge is 0.154 e. The minimum atomic E-state index is 0.123. The minimum absolute atomic E-state index is 0.123. The lowest BCUT2D eigenvalue weighted by molar-refractivity contribution is 0.412. The Morgan fingerprint density at radius 2 is 1.62 bits per heavy atom. The van der Waals surface area contributed by atoms with E-state index >= 15 is 0 Å². The van der Waals surface area contributed by atoms with Crippen molar-refractivity contribution in [1.82, 2.24) is 0 Å². The fourth-order valence-corrected chi connectivity index (χ4v) is 2.14. The normalized spacial score (nSPS) is 11.3. The number of nitrogen functional groups attached to an aromatic ring is 1. The van der Waals surface area contributed by atoms with Gasteiger partial charge in [-0.15, -0.1) is 0 Å². The van der Waals surface area contributed by atoms with Crippen LogP contribution in [0.3, 0.4) is 0 Å². The van der Waals surface area contributed by atoms with Crippen LogP contribution >= 0.6 is 0 Å². The second-order valence-electron chi connectivity index (χ2n) is 6.20. The zero-order valence-corrected chi connectivity index (χ0v) is 13.4. The van der Waals surface area contributed by atoms with Crippen molar-refractivity contribution >= 4 is 5.69 Å². The van der Waals surface area contributed by atoms with Crippen LogP contribution in [0.4, 0.5) is 5.69 Å². The molecule has 0 radical (unpaired) electrons. The van der Waals surface area contributed by atoms with Crippen LogP contribution in [0.15, 0.2) is 36.4 Å². The summed E-state index contributed by atoms with van der Waals surface area (Å²) in [5, 5.41) is 0. The molecule has 0 atom stereocenters. The van der Waals surface area contributed by atoms with Crippen LogP contribution < -0.4 is 15.2 Å². The Morgan fingerprint density at radius 1 is 0.952 bits per heavy atom. The average Bonchev–Trinajstić information content (AvgIpc) is 2.42. The summed E-state index contributed by atoms with van der Waals surface area (Å²) >= 11 is 0. The lowest BCUT2D eigenvalue weighted by Gasteiger charge is -2.21. The first-order chi connectivity index (χ1) is 9.82. The van der Waals surface area contributed by atoms with Crippen molar-refractivity contribution in [2.75, 3.05) is 12.8 Å². The van der Waals surface area contributed by atoms with Gasteiger partial charge in [0.05, 0.1) is 7.11 Å². The van der Waals surface area contributed by atoms with Gasteiger partial charge in [-0.05, 0) is 41.7 Å². The van der Waals surface area contributed by atoms with E-state index in [1.165, 1.54) is 5.56 Å². The molecule has 112 valence electrons. The maximum atomic E-state index is 6.04. The highest BCUT2D eigenvalue weighted by Gasteiger charge is 2.15. The van der Waals surface area contributed by atoms with Gasteiger partial charge in [0.1, 0.15) is 17.2 Å². The van der Waals surface area contributed by atoms with Crippen molar-refractivity contribution in [3.63, 3.8) is 0 Å². The molecule has 2 aromatic rings. The summed E-state index contributed by atoms with van der Waals surface area (Å²) in [4.78, 5) is 0. The van der Waals surface area contributed by atoms with Crippen molar-refractivity contribution in [3.05, 3.63) is 47.5 Å². The highest BCUT2D eigenvalue weighted by atomic mass is 16.5. The fraction of sp³-hybridized carbons (Fsp3) is 0.333. The third-order valence-corrected chi connectivity index (χ3v) is 3.51. The molecule has 0 aliphatic carbocycles. The van der Waals surface area contributed by atoms with Crippen molar-refractivity contribution in [2.45, 2.75) is 33.1 Å². The predicted molar refractivity (Wildman–Crippen MR) is 87.4 cm³/mol. The first kappa shape index (κ1) is 15.2. The molecule has 2 rings (SSSR count). The molecule has 0 fully saturated rings. The topological polar surface area (TPSA) is 44.5 Å². The van der Waals surface area contributed by atoms with Crippen LogP contribution in [0.2, 0.25) is 0 Å². The second kappa shape index (κ2) is 5.68. The number of methoxy groups -OCH3 is 1. The SMILES string of the molecule is COc1cccc(Oc2ccc(C(C)(C)C)cc2C)c1N. The van der Waals surface area contributed by atoms with E-state index in [9.17, 15) is 0 Å². The van der Waals surface area contributed by atoms with Crippen molar-refractivity contribution in [1.29, 1.82) is 0 Å². The minimum Gasteiger partial charge on any atom is -0.494 e. The molecule has 0 spiro atoms. The largest absolute Gasteiger partial charge is 0.494 e. The summed E-state index contributed by atoms with van der Waals surface area (Å²) in [5.74, 6) is 2.04. The zero-order valence-electron chi connectivity index (χ0n) is 13.4. The molecule has 0 heterocycles. The second-order valence-corrected chi connectivity index (χ2v) is 6.20. The summed E-state index contributed by atoms with van der Waals surface area (Å²) < 4.78 is 11.2. The Kier molecular flexibility index (Phi) is 4.12. The van der Waals surface area contributed by atoms with Gasteiger partial charge < -0.3 is 15.2 Å². The number of ether oxygens (including phenoxy) is 2. The van der Waals surface area contributed by atoms with E-state index in [4.69, 9.17) is 15.2 Å². The molecule has 3 heteroatoms. The molecular weight excluding hydrogens is 262 g/mol. The Labute approximate surface area is 126 Å². The molecule has 0 saturated heterocycles. The molecule has 0 amide bonds. The average molecular weight is 285 g/mol. The number of rotatable bonds is 3. The van der Waals surface area contributed by atoms with Crippen LogP contribution in [-0.2, 0) is 5.41 Å². The first-order valence-electron chi connectivity index (χ1n) is 7.04. The summed E-state index contributed by atoms with van der Waals surface area (Å²) in [6.07, 6.45) is 0. The maximum Gasteiger partial charge on any atom is 0.154 e. The van der Waals surface area contributed by atoms with Crippen LogP contribution in [-0.4, -0.2) is 7.11 Å². The number of hydrogen-bond donors (Lipinski definition) is 1. The van der Waals surface area contributed by atoms with Gasteiger partial charge in [0.2, 0.25) is 0 Å².